The van der Waals surface area contributed by atoms with Gasteiger partial charge in [0, 0.05) is 5.92 Å². The number of allylic oxidation sites excluding steroid dienone is 2. The minimum absolute atomic E-state index is 0.109. The molecule has 1 aliphatic heterocycles. The molecule has 0 aromatic rings. The van der Waals surface area contributed by atoms with Gasteiger partial charge in [0.1, 0.15) is 5.83 Å². The molecule has 15 heavy (non-hydrogen) atoms. The summed E-state index contributed by atoms with van der Waals surface area (Å²) in [7, 11) is 0. The highest BCUT2D eigenvalue weighted by molar-refractivity contribution is 5.21. The van der Waals surface area contributed by atoms with Crippen molar-refractivity contribution in [2.75, 3.05) is 0 Å². The van der Waals surface area contributed by atoms with Crippen LogP contribution in [0.4, 0.5) is 4.39 Å². The first kappa shape index (κ1) is 10.9. The zero-order valence-electron chi connectivity index (χ0n) is 9.45. The molecule has 1 nitrogen and oxygen atoms in total. The molecule has 2 aliphatic rings. The average molecular weight is 210 g/mol. The first-order valence-corrected chi connectivity index (χ1v) is 5.91. The maximum Gasteiger partial charge on any atom is 0.119 e. The summed E-state index contributed by atoms with van der Waals surface area (Å²) >= 11 is 0. The first-order valence-electron chi connectivity index (χ1n) is 5.91. The van der Waals surface area contributed by atoms with Crippen molar-refractivity contribution in [2.45, 2.75) is 45.3 Å². The number of halogens is 1. The fourth-order valence-electron chi connectivity index (χ4n) is 2.39. The molecule has 0 spiro atoms. The average Bonchev–Trinajstić information content (AvgIpc) is 2.27. The molecule has 0 radical (unpaired) electrons. The molecule has 0 saturated carbocycles. The lowest BCUT2D eigenvalue weighted by molar-refractivity contribution is -0.0728. The summed E-state index contributed by atoms with van der Waals surface area (Å²) in [5.41, 5.74) is 0. The Morgan fingerprint density at radius 2 is 2.33 bits per heavy atom. The van der Waals surface area contributed by atoms with Gasteiger partial charge < -0.3 is 4.74 Å². The zero-order chi connectivity index (χ0) is 10.8. The number of ether oxygens (including phenoxy) is 1. The second-order valence-electron chi connectivity index (χ2n) is 4.68. The van der Waals surface area contributed by atoms with Gasteiger partial charge in [0.05, 0.1) is 12.2 Å². The largest absolute Gasteiger partial charge is 0.370 e. The van der Waals surface area contributed by atoms with E-state index in [0.717, 1.165) is 19.3 Å². The number of hydrogen-bond acceptors (Lipinski definition) is 1. The highest BCUT2D eigenvalue weighted by Gasteiger charge is 2.32. The molecular formula is C13H19FO. The summed E-state index contributed by atoms with van der Waals surface area (Å²) < 4.78 is 19.0. The van der Waals surface area contributed by atoms with Gasteiger partial charge in [-0.15, -0.1) is 0 Å². The summed E-state index contributed by atoms with van der Waals surface area (Å²) in [6, 6.07) is 0. The normalized spacial score (nSPS) is 37.0. The van der Waals surface area contributed by atoms with Crippen molar-refractivity contribution in [1.29, 1.82) is 0 Å². The van der Waals surface area contributed by atoms with Crippen LogP contribution >= 0.6 is 0 Å². The van der Waals surface area contributed by atoms with Gasteiger partial charge in [-0.2, -0.15) is 0 Å². The molecule has 1 heterocycles. The quantitative estimate of drug-likeness (QED) is 0.676. The third-order valence-corrected chi connectivity index (χ3v) is 3.64. The van der Waals surface area contributed by atoms with Gasteiger partial charge in [-0.1, -0.05) is 26.3 Å². The SMILES string of the molecule is CCC(C)[C@H]1CCC2C=C(F)C=CC2O1. The molecule has 1 fully saturated rings. The van der Waals surface area contributed by atoms with E-state index >= 15 is 0 Å². The van der Waals surface area contributed by atoms with Gasteiger partial charge in [0.15, 0.2) is 0 Å². The molecule has 2 heteroatoms. The van der Waals surface area contributed by atoms with Crippen molar-refractivity contribution < 1.29 is 9.13 Å². The molecule has 0 aromatic heterocycles. The van der Waals surface area contributed by atoms with Crippen LogP contribution in [0.5, 0.6) is 0 Å². The zero-order valence-corrected chi connectivity index (χ0v) is 9.45. The van der Waals surface area contributed by atoms with Crippen molar-refractivity contribution >= 4 is 0 Å². The molecule has 2 rings (SSSR count). The Balaban J connectivity index is 1.99. The van der Waals surface area contributed by atoms with Crippen LogP contribution in [0.15, 0.2) is 24.1 Å². The molecule has 0 aromatic carbocycles. The Morgan fingerprint density at radius 3 is 3.07 bits per heavy atom. The molecule has 0 N–H and O–H groups in total. The Labute approximate surface area is 91.0 Å². The van der Waals surface area contributed by atoms with Gasteiger partial charge in [-0.25, -0.2) is 4.39 Å². The summed E-state index contributed by atoms with van der Waals surface area (Å²) in [4.78, 5) is 0. The second kappa shape index (κ2) is 4.48. The second-order valence-corrected chi connectivity index (χ2v) is 4.68. The Hall–Kier alpha value is -0.630. The van der Waals surface area contributed by atoms with E-state index in [1.165, 1.54) is 6.08 Å². The van der Waals surface area contributed by atoms with Crippen molar-refractivity contribution in [3.05, 3.63) is 24.1 Å². The molecular weight excluding hydrogens is 191 g/mol. The maximum atomic E-state index is 13.0. The van der Waals surface area contributed by atoms with Crippen LogP contribution in [-0.4, -0.2) is 12.2 Å². The van der Waals surface area contributed by atoms with E-state index in [0.29, 0.717) is 12.0 Å². The fourth-order valence-corrected chi connectivity index (χ4v) is 2.39. The third-order valence-electron chi connectivity index (χ3n) is 3.64. The molecule has 0 amide bonds. The smallest absolute Gasteiger partial charge is 0.119 e. The van der Waals surface area contributed by atoms with Gasteiger partial charge >= 0.3 is 0 Å². The van der Waals surface area contributed by atoms with Gasteiger partial charge in [-0.05, 0) is 30.9 Å². The standard InChI is InChI=1S/C13H19FO/c1-3-9(2)12-6-4-10-8-11(14)5-7-13(10)15-12/h5,7-10,12-13H,3-4,6H2,1-2H3/t9?,10?,12-,13?/m1/s1. The highest BCUT2D eigenvalue weighted by Crippen LogP contribution is 2.34. The monoisotopic (exact) mass is 210 g/mol. The molecule has 1 aliphatic carbocycles. The van der Waals surface area contributed by atoms with Crippen LogP contribution < -0.4 is 0 Å². The molecule has 4 atom stereocenters. The van der Waals surface area contributed by atoms with Gasteiger partial charge in [-0.3, -0.25) is 0 Å². The van der Waals surface area contributed by atoms with E-state index in [2.05, 4.69) is 13.8 Å². The van der Waals surface area contributed by atoms with Crippen LogP contribution in [0.1, 0.15) is 33.1 Å². The Kier molecular flexibility index (Phi) is 3.25. The number of hydrogen-bond donors (Lipinski definition) is 0. The summed E-state index contributed by atoms with van der Waals surface area (Å²) in [6.45, 7) is 4.42. The van der Waals surface area contributed by atoms with Crippen LogP contribution in [0, 0.1) is 11.8 Å². The van der Waals surface area contributed by atoms with Gasteiger partial charge in [0.25, 0.3) is 0 Å². The topological polar surface area (TPSA) is 9.23 Å². The van der Waals surface area contributed by atoms with Crippen molar-refractivity contribution in [2.24, 2.45) is 11.8 Å². The minimum Gasteiger partial charge on any atom is -0.370 e. The van der Waals surface area contributed by atoms with Crippen molar-refractivity contribution in [1.82, 2.24) is 0 Å². The van der Waals surface area contributed by atoms with E-state index in [1.807, 2.05) is 6.08 Å². The minimum atomic E-state index is -0.109. The van der Waals surface area contributed by atoms with E-state index < -0.39 is 0 Å². The summed E-state index contributed by atoms with van der Waals surface area (Å²) in [5.74, 6) is 0.757. The van der Waals surface area contributed by atoms with Crippen LogP contribution in [0.25, 0.3) is 0 Å². The van der Waals surface area contributed by atoms with E-state index in [9.17, 15) is 4.39 Å². The maximum absolute atomic E-state index is 13.0. The fraction of sp³-hybridized carbons (Fsp3) is 0.692. The van der Waals surface area contributed by atoms with Crippen molar-refractivity contribution in [3.8, 4) is 0 Å². The van der Waals surface area contributed by atoms with Crippen LogP contribution in [-0.2, 0) is 4.74 Å². The summed E-state index contributed by atoms with van der Waals surface area (Å²) in [5, 5.41) is 0. The lowest BCUT2D eigenvalue weighted by atomic mass is 9.85. The lowest BCUT2D eigenvalue weighted by Gasteiger charge is -2.37. The summed E-state index contributed by atoms with van der Waals surface area (Å²) in [6.07, 6.45) is 8.83. The lowest BCUT2D eigenvalue weighted by Crippen LogP contribution is -2.37. The van der Waals surface area contributed by atoms with Crippen molar-refractivity contribution in [3.63, 3.8) is 0 Å². The van der Waals surface area contributed by atoms with E-state index in [1.54, 1.807) is 6.08 Å². The molecule has 0 bridgehead atoms. The molecule has 84 valence electrons. The highest BCUT2D eigenvalue weighted by atomic mass is 19.1. The van der Waals surface area contributed by atoms with E-state index in [-0.39, 0.29) is 17.8 Å². The van der Waals surface area contributed by atoms with Gasteiger partial charge in [0.2, 0.25) is 0 Å². The Bertz CT molecular complexity index is 282. The van der Waals surface area contributed by atoms with E-state index in [4.69, 9.17) is 4.74 Å². The van der Waals surface area contributed by atoms with Crippen LogP contribution in [0.2, 0.25) is 0 Å². The third kappa shape index (κ3) is 2.31. The first-order chi connectivity index (χ1) is 7.20. The molecule has 3 unspecified atom stereocenters. The van der Waals surface area contributed by atoms with Crippen LogP contribution in [0.3, 0.4) is 0 Å². The predicted octanol–water partition coefficient (Wildman–Crippen LogP) is 3.62. The predicted molar refractivity (Wildman–Crippen MR) is 59.2 cm³/mol. The molecule has 1 saturated heterocycles. The number of rotatable bonds is 2. The number of fused-ring (bicyclic) bond motifs is 1. The Morgan fingerprint density at radius 1 is 1.53 bits per heavy atom.